The summed E-state index contributed by atoms with van der Waals surface area (Å²) in [6.45, 7) is 2.10. The molecule has 0 saturated carbocycles. The van der Waals surface area contributed by atoms with E-state index in [1.807, 2.05) is 36.5 Å². The minimum Gasteiger partial charge on any atom is -0.382 e. The highest BCUT2D eigenvalue weighted by Crippen LogP contribution is 2.28. The summed E-state index contributed by atoms with van der Waals surface area (Å²) in [5.41, 5.74) is 6.33. The molecule has 0 saturated heterocycles. The fourth-order valence-corrected chi connectivity index (χ4v) is 3.45. The number of aromatic nitrogens is 1. The molecule has 26 heavy (non-hydrogen) atoms. The molecule has 1 aliphatic rings. The van der Waals surface area contributed by atoms with Crippen molar-refractivity contribution in [2.45, 2.75) is 25.8 Å². The molecule has 1 unspecified atom stereocenters. The van der Waals surface area contributed by atoms with Gasteiger partial charge in [-0.05, 0) is 43.5 Å². The molecule has 3 nitrogen and oxygen atoms in total. The van der Waals surface area contributed by atoms with E-state index in [-0.39, 0.29) is 11.8 Å². The molecule has 2 aromatic carbocycles. The summed E-state index contributed by atoms with van der Waals surface area (Å²) >= 11 is 0. The van der Waals surface area contributed by atoms with E-state index in [1.165, 1.54) is 11.1 Å². The third-order valence-corrected chi connectivity index (χ3v) is 4.90. The van der Waals surface area contributed by atoms with E-state index in [0.29, 0.717) is 0 Å². The van der Waals surface area contributed by atoms with Gasteiger partial charge < -0.3 is 10.3 Å². The molecule has 0 fully saturated rings. The van der Waals surface area contributed by atoms with Gasteiger partial charge in [0, 0.05) is 28.7 Å². The van der Waals surface area contributed by atoms with Crippen LogP contribution in [0.1, 0.15) is 40.5 Å². The maximum Gasteiger partial charge on any atom is 0.190 e. The number of allylic oxidation sites excluding steroid dienone is 1. The molecular weight excluding hydrogens is 320 g/mol. The normalized spacial score (nSPS) is 16.7. The zero-order valence-electron chi connectivity index (χ0n) is 14.8. The Kier molecular flexibility index (Phi) is 4.44. The average molecular weight is 342 g/mol. The quantitative estimate of drug-likeness (QED) is 0.642. The highest BCUT2D eigenvalue weighted by atomic mass is 16.1. The molecular formula is C23H22N2O. The van der Waals surface area contributed by atoms with Gasteiger partial charge in [-0.25, -0.2) is 0 Å². The van der Waals surface area contributed by atoms with Gasteiger partial charge in [-0.15, -0.1) is 0 Å². The van der Waals surface area contributed by atoms with Gasteiger partial charge >= 0.3 is 0 Å². The van der Waals surface area contributed by atoms with Crippen LogP contribution in [0.15, 0.2) is 78.5 Å². The Bertz CT molecular complexity index is 953. The maximum absolute atomic E-state index is 12.5. The Hall–Kier alpha value is -3.07. The molecule has 0 amide bonds. The Balaban J connectivity index is 1.48. The first-order chi connectivity index (χ1) is 12.7. The molecule has 0 radical (unpaired) electrons. The second-order valence-corrected chi connectivity index (χ2v) is 6.82. The third-order valence-electron chi connectivity index (χ3n) is 4.90. The van der Waals surface area contributed by atoms with Gasteiger partial charge in [0.15, 0.2) is 5.78 Å². The van der Waals surface area contributed by atoms with Crippen molar-refractivity contribution in [1.82, 2.24) is 10.3 Å². The van der Waals surface area contributed by atoms with E-state index in [9.17, 15) is 4.79 Å². The van der Waals surface area contributed by atoms with E-state index in [4.69, 9.17) is 0 Å². The van der Waals surface area contributed by atoms with Gasteiger partial charge in [0.2, 0.25) is 0 Å². The Morgan fingerprint density at radius 3 is 2.58 bits per heavy atom. The third kappa shape index (κ3) is 3.33. The van der Waals surface area contributed by atoms with E-state index in [2.05, 4.69) is 53.6 Å². The molecule has 0 aliphatic carbocycles. The number of ketones is 1. The Morgan fingerprint density at radius 2 is 1.85 bits per heavy atom. The van der Waals surface area contributed by atoms with Gasteiger partial charge in [-0.3, -0.25) is 4.79 Å². The van der Waals surface area contributed by atoms with Crippen molar-refractivity contribution in [1.29, 1.82) is 0 Å². The van der Waals surface area contributed by atoms with Gasteiger partial charge in [0.05, 0.1) is 6.04 Å². The molecule has 1 aromatic heterocycles. The highest BCUT2D eigenvalue weighted by Gasteiger charge is 2.21. The summed E-state index contributed by atoms with van der Waals surface area (Å²) in [6, 6.07) is 22.4. The van der Waals surface area contributed by atoms with E-state index in [1.54, 1.807) is 0 Å². The van der Waals surface area contributed by atoms with Crippen LogP contribution in [-0.2, 0) is 0 Å². The fraction of sp³-hybridized carbons (Fsp3) is 0.174. The molecule has 0 bridgehead atoms. The van der Waals surface area contributed by atoms with Crippen LogP contribution >= 0.6 is 0 Å². The Labute approximate surface area is 153 Å². The lowest BCUT2D eigenvalue weighted by molar-refractivity contribution is 0.102. The largest absolute Gasteiger partial charge is 0.382 e. The number of hydrogen-bond acceptors (Lipinski definition) is 2. The molecule has 2 N–H and O–H groups in total. The lowest BCUT2D eigenvalue weighted by Crippen LogP contribution is -2.23. The minimum absolute atomic E-state index is 0.114. The first-order valence-corrected chi connectivity index (χ1v) is 9.01. The molecule has 0 spiro atoms. The molecule has 2 heterocycles. The van der Waals surface area contributed by atoms with E-state index < -0.39 is 0 Å². The second kappa shape index (κ2) is 7.04. The molecule has 3 aromatic rings. The van der Waals surface area contributed by atoms with Crippen molar-refractivity contribution in [3.05, 3.63) is 95.3 Å². The number of aromatic amines is 1. The van der Waals surface area contributed by atoms with Crippen molar-refractivity contribution < 1.29 is 4.79 Å². The van der Waals surface area contributed by atoms with Crippen LogP contribution in [0.4, 0.5) is 0 Å². The molecule has 4 rings (SSSR count). The van der Waals surface area contributed by atoms with Crippen LogP contribution in [0, 0.1) is 6.92 Å². The van der Waals surface area contributed by atoms with Gasteiger partial charge in [-0.2, -0.15) is 0 Å². The molecule has 1 atom stereocenters. The Morgan fingerprint density at radius 1 is 1.00 bits per heavy atom. The number of carbonyl (C=O) groups excluding carboxylic acids is 1. The number of hydrogen-bond donors (Lipinski definition) is 2. The summed E-state index contributed by atoms with van der Waals surface area (Å²) < 4.78 is 0. The predicted molar refractivity (Wildman–Crippen MR) is 105 cm³/mol. The minimum atomic E-state index is 0.114. The molecule has 1 aliphatic heterocycles. The SMILES string of the molecule is Cc1cccc(-c2ccc(C3CCC(C(=O)c4ccccc4)=CN3)[nH]2)c1. The van der Waals surface area contributed by atoms with Gasteiger partial charge in [0.25, 0.3) is 0 Å². The van der Waals surface area contributed by atoms with Gasteiger partial charge in [-0.1, -0.05) is 54.1 Å². The van der Waals surface area contributed by atoms with Crippen LogP contribution in [0.25, 0.3) is 11.3 Å². The number of Topliss-reactive ketones (excluding diaryl/α,β-unsaturated/α-hetero) is 1. The topological polar surface area (TPSA) is 44.9 Å². The number of aryl methyl sites for hydroxylation is 1. The van der Waals surface area contributed by atoms with Crippen molar-refractivity contribution in [3.63, 3.8) is 0 Å². The van der Waals surface area contributed by atoms with Crippen molar-refractivity contribution in [2.24, 2.45) is 0 Å². The zero-order chi connectivity index (χ0) is 17.9. The smallest absolute Gasteiger partial charge is 0.190 e. The first-order valence-electron chi connectivity index (χ1n) is 9.01. The maximum atomic E-state index is 12.5. The fourth-order valence-electron chi connectivity index (χ4n) is 3.45. The summed E-state index contributed by atoms with van der Waals surface area (Å²) in [5, 5.41) is 3.40. The average Bonchev–Trinajstić information content (AvgIpc) is 3.18. The lowest BCUT2D eigenvalue weighted by Gasteiger charge is -2.23. The van der Waals surface area contributed by atoms with E-state index >= 15 is 0 Å². The van der Waals surface area contributed by atoms with Crippen LogP contribution in [0.3, 0.4) is 0 Å². The molecule has 3 heteroatoms. The lowest BCUT2D eigenvalue weighted by atomic mass is 9.94. The van der Waals surface area contributed by atoms with Crippen molar-refractivity contribution in [3.8, 4) is 11.3 Å². The first kappa shape index (κ1) is 16.4. The second-order valence-electron chi connectivity index (χ2n) is 6.82. The predicted octanol–water partition coefficient (Wildman–Crippen LogP) is 5.18. The monoisotopic (exact) mass is 342 g/mol. The van der Waals surface area contributed by atoms with Crippen molar-refractivity contribution >= 4 is 5.78 Å². The van der Waals surface area contributed by atoms with Crippen LogP contribution in [0.5, 0.6) is 0 Å². The van der Waals surface area contributed by atoms with Crippen LogP contribution < -0.4 is 5.32 Å². The standard InChI is InChI=1S/C23H22N2O/c1-16-6-5-9-18(14-16)20-12-13-22(25-20)21-11-10-19(15-24-21)23(26)17-7-3-2-4-8-17/h2-9,12-15,21,24-25H,10-11H2,1H3. The number of nitrogens with one attached hydrogen (secondary N) is 2. The highest BCUT2D eigenvalue weighted by molar-refractivity contribution is 6.08. The van der Waals surface area contributed by atoms with Gasteiger partial charge in [0.1, 0.15) is 0 Å². The summed E-state index contributed by atoms with van der Waals surface area (Å²) in [7, 11) is 0. The van der Waals surface area contributed by atoms with Crippen LogP contribution in [0.2, 0.25) is 0 Å². The molecule has 130 valence electrons. The zero-order valence-corrected chi connectivity index (χ0v) is 14.8. The van der Waals surface area contributed by atoms with Crippen LogP contribution in [-0.4, -0.2) is 10.8 Å². The number of H-pyrrole nitrogens is 1. The summed E-state index contributed by atoms with van der Waals surface area (Å²) in [6.07, 6.45) is 3.57. The van der Waals surface area contributed by atoms with E-state index in [0.717, 1.165) is 35.4 Å². The number of benzene rings is 2. The van der Waals surface area contributed by atoms with Crippen molar-refractivity contribution in [2.75, 3.05) is 0 Å². The summed E-state index contributed by atoms with van der Waals surface area (Å²) in [5.74, 6) is 0.114. The number of carbonyl (C=O) groups is 1. The number of rotatable bonds is 4. The summed E-state index contributed by atoms with van der Waals surface area (Å²) in [4.78, 5) is 16.1.